The fourth-order valence-corrected chi connectivity index (χ4v) is 3.10. The first-order chi connectivity index (χ1) is 11.4. The predicted octanol–water partition coefficient (Wildman–Crippen LogP) is 5.84. The lowest BCUT2D eigenvalue weighted by molar-refractivity contribution is 0.582. The maximum atomic E-state index is 5.48. The molecule has 0 saturated carbocycles. The topological polar surface area (TPSA) is 42.1 Å². The van der Waals surface area contributed by atoms with Crippen LogP contribution in [0.15, 0.2) is 82.0 Å². The van der Waals surface area contributed by atoms with Gasteiger partial charge >= 0.3 is 0 Å². The van der Waals surface area contributed by atoms with Crippen molar-refractivity contribution in [1.29, 1.82) is 0 Å². The Morgan fingerprint density at radius 1 is 0.609 bits per heavy atom. The van der Waals surface area contributed by atoms with E-state index in [-0.39, 0.29) is 0 Å². The molecule has 23 heavy (non-hydrogen) atoms. The molecule has 0 bridgehead atoms. The summed E-state index contributed by atoms with van der Waals surface area (Å²) in [5.74, 6) is 1.75. The largest absolute Gasteiger partial charge is 0.464 e. The van der Waals surface area contributed by atoms with E-state index in [4.69, 9.17) is 8.83 Å². The van der Waals surface area contributed by atoms with Crippen molar-refractivity contribution in [3.63, 3.8) is 0 Å². The van der Waals surface area contributed by atoms with E-state index in [0.717, 1.165) is 33.7 Å². The van der Waals surface area contributed by atoms with Crippen LogP contribution in [0.2, 0.25) is 0 Å². The minimum atomic E-state index is 0.877. The summed E-state index contributed by atoms with van der Waals surface area (Å²) in [7, 11) is 0. The highest BCUT2D eigenvalue weighted by atomic mass is 16.3. The predicted molar refractivity (Wildman–Crippen MR) is 91.2 cm³/mol. The maximum Gasteiger partial charge on any atom is 0.133 e. The quantitative estimate of drug-likeness (QED) is 0.445. The normalized spacial score (nSPS) is 11.5. The average Bonchev–Trinajstić information content (AvgIpc) is 3.32. The summed E-state index contributed by atoms with van der Waals surface area (Å²) in [5, 5.41) is 2.42. The number of hydrogen-bond acceptors (Lipinski definition) is 2. The number of aromatic amines is 1. The summed E-state index contributed by atoms with van der Waals surface area (Å²) in [5.41, 5.74) is 4.34. The number of benzene rings is 2. The Kier molecular flexibility index (Phi) is 2.50. The smallest absolute Gasteiger partial charge is 0.133 e. The molecule has 5 aromatic rings. The standard InChI is InChI=1S/C20H13NO2/c1-3-19(22-9-1)13-5-7-15-16-8-6-14(20-4-2-10-23-20)12-18(16)21-17(15)11-13/h1-12,21H. The van der Waals surface area contributed by atoms with Gasteiger partial charge in [-0.2, -0.15) is 0 Å². The van der Waals surface area contributed by atoms with Crippen molar-refractivity contribution < 1.29 is 8.83 Å². The molecule has 0 fully saturated rings. The Balaban J connectivity index is 1.71. The number of hydrogen-bond donors (Lipinski definition) is 1. The van der Waals surface area contributed by atoms with Crippen molar-refractivity contribution in [3.8, 4) is 22.6 Å². The third-order valence-corrected chi connectivity index (χ3v) is 4.21. The highest BCUT2D eigenvalue weighted by molar-refractivity contribution is 6.08. The highest BCUT2D eigenvalue weighted by Crippen LogP contribution is 2.32. The summed E-state index contributed by atoms with van der Waals surface area (Å²) in [6, 6.07) is 20.5. The van der Waals surface area contributed by atoms with Gasteiger partial charge in [0.1, 0.15) is 11.5 Å². The highest BCUT2D eigenvalue weighted by Gasteiger charge is 2.09. The SMILES string of the molecule is c1coc(-c2ccc3c(c2)[nH]c2cc(-c4ccco4)ccc23)c1. The number of furan rings is 2. The lowest BCUT2D eigenvalue weighted by Crippen LogP contribution is -1.74. The van der Waals surface area contributed by atoms with Gasteiger partial charge in [0.2, 0.25) is 0 Å². The van der Waals surface area contributed by atoms with Crippen LogP contribution in [0.25, 0.3) is 44.5 Å². The average molecular weight is 299 g/mol. The molecule has 1 N–H and O–H groups in total. The van der Waals surface area contributed by atoms with Crippen LogP contribution in [0, 0.1) is 0 Å². The Morgan fingerprint density at radius 2 is 1.13 bits per heavy atom. The number of aromatic nitrogens is 1. The second kappa shape index (κ2) is 4.65. The third-order valence-electron chi connectivity index (χ3n) is 4.21. The van der Waals surface area contributed by atoms with Gasteiger partial charge < -0.3 is 13.8 Å². The van der Waals surface area contributed by atoms with Crippen LogP contribution in [0.1, 0.15) is 0 Å². The fraction of sp³-hybridized carbons (Fsp3) is 0. The first-order valence-electron chi connectivity index (χ1n) is 7.52. The minimum Gasteiger partial charge on any atom is -0.464 e. The fourth-order valence-electron chi connectivity index (χ4n) is 3.10. The number of fused-ring (bicyclic) bond motifs is 3. The molecule has 3 aromatic heterocycles. The van der Waals surface area contributed by atoms with E-state index in [1.165, 1.54) is 10.8 Å². The summed E-state index contributed by atoms with van der Waals surface area (Å²) in [6.07, 6.45) is 3.39. The number of nitrogens with one attached hydrogen (secondary N) is 1. The lowest BCUT2D eigenvalue weighted by atomic mass is 10.1. The molecule has 2 aromatic carbocycles. The van der Waals surface area contributed by atoms with Gasteiger partial charge in [-0.3, -0.25) is 0 Å². The molecule has 3 heterocycles. The molecule has 0 unspecified atom stereocenters. The Labute approximate surface area is 132 Å². The zero-order valence-electron chi connectivity index (χ0n) is 12.2. The summed E-state index contributed by atoms with van der Waals surface area (Å²) >= 11 is 0. The van der Waals surface area contributed by atoms with Crippen molar-refractivity contribution in [2.75, 3.05) is 0 Å². The second-order valence-corrected chi connectivity index (χ2v) is 5.60. The van der Waals surface area contributed by atoms with Crippen LogP contribution < -0.4 is 0 Å². The Bertz CT molecular complexity index is 1010. The summed E-state index contributed by atoms with van der Waals surface area (Å²) < 4.78 is 11.0. The zero-order chi connectivity index (χ0) is 15.2. The third kappa shape index (κ3) is 1.90. The molecular formula is C20H13NO2. The number of rotatable bonds is 2. The molecule has 0 radical (unpaired) electrons. The Hall–Kier alpha value is -3.20. The molecule has 0 aliphatic rings. The van der Waals surface area contributed by atoms with Gasteiger partial charge in [-0.1, -0.05) is 24.3 Å². The van der Waals surface area contributed by atoms with Crippen molar-refractivity contribution in [3.05, 3.63) is 73.2 Å². The monoisotopic (exact) mass is 299 g/mol. The van der Waals surface area contributed by atoms with Gasteiger partial charge in [0.15, 0.2) is 0 Å². The number of H-pyrrole nitrogens is 1. The lowest BCUT2D eigenvalue weighted by Gasteiger charge is -1.98. The molecule has 5 rings (SSSR count). The molecule has 3 heteroatoms. The van der Waals surface area contributed by atoms with Gasteiger partial charge in [0, 0.05) is 32.9 Å². The van der Waals surface area contributed by atoms with E-state index in [0.29, 0.717) is 0 Å². The van der Waals surface area contributed by atoms with Crippen molar-refractivity contribution >= 4 is 21.8 Å². The molecule has 0 atom stereocenters. The van der Waals surface area contributed by atoms with E-state index in [2.05, 4.69) is 41.4 Å². The zero-order valence-corrected chi connectivity index (χ0v) is 12.2. The second-order valence-electron chi connectivity index (χ2n) is 5.60. The first kappa shape index (κ1) is 12.4. The van der Waals surface area contributed by atoms with E-state index >= 15 is 0 Å². The van der Waals surface area contributed by atoms with Gasteiger partial charge in [0.25, 0.3) is 0 Å². The molecule has 0 amide bonds. The van der Waals surface area contributed by atoms with Crippen LogP contribution in [-0.2, 0) is 0 Å². The molecule has 0 aliphatic heterocycles. The van der Waals surface area contributed by atoms with Crippen LogP contribution >= 0.6 is 0 Å². The molecule has 0 aliphatic carbocycles. The minimum absolute atomic E-state index is 0.877. The molecule has 110 valence electrons. The van der Waals surface area contributed by atoms with Crippen molar-refractivity contribution in [2.24, 2.45) is 0 Å². The van der Waals surface area contributed by atoms with Gasteiger partial charge in [-0.25, -0.2) is 0 Å². The molecular weight excluding hydrogens is 286 g/mol. The maximum absolute atomic E-state index is 5.48. The van der Waals surface area contributed by atoms with E-state index < -0.39 is 0 Å². The molecule has 3 nitrogen and oxygen atoms in total. The van der Waals surface area contributed by atoms with Crippen LogP contribution in [0.4, 0.5) is 0 Å². The van der Waals surface area contributed by atoms with Crippen molar-refractivity contribution in [1.82, 2.24) is 4.98 Å². The summed E-state index contributed by atoms with van der Waals surface area (Å²) in [6.45, 7) is 0. The van der Waals surface area contributed by atoms with Gasteiger partial charge in [-0.15, -0.1) is 0 Å². The summed E-state index contributed by atoms with van der Waals surface area (Å²) in [4.78, 5) is 3.50. The van der Waals surface area contributed by atoms with Crippen LogP contribution in [0.5, 0.6) is 0 Å². The van der Waals surface area contributed by atoms with Crippen molar-refractivity contribution in [2.45, 2.75) is 0 Å². The van der Waals surface area contributed by atoms with E-state index in [1.807, 2.05) is 24.3 Å². The molecule has 0 saturated heterocycles. The van der Waals surface area contributed by atoms with Crippen LogP contribution in [0.3, 0.4) is 0 Å². The van der Waals surface area contributed by atoms with E-state index in [9.17, 15) is 0 Å². The van der Waals surface area contributed by atoms with Gasteiger partial charge in [-0.05, 0) is 36.4 Å². The Morgan fingerprint density at radius 3 is 1.57 bits per heavy atom. The van der Waals surface area contributed by atoms with Gasteiger partial charge in [0.05, 0.1) is 12.5 Å². The van der Waals surface area contributed by atoms with Crippen LogP contribution in [-0.4, -0.2) is 4.98 Å². The molecule has 0 spiro atoms. The van der Waals surface area contributed by atoms with E-state index in [1.54, 1.807) is 12.5 Å². The first-order valence-corrected chi connectivity index (χ1v) is 7.52.